The standard InChI is InChI=1S/C20H28FN3O5S/c1-12(2)18(22)20(27)29-16-7-6-15(14-5-4-13(10-14)11-26)17(21)19(16)24(8-9-25)30(28)23-3/h6-7,9-10,12-13,18,23,26H,4-5,8,11,22H2,1-3H3. The Balaban J connectivity index is 2.58. The summed E-state index contributed by atoms with van der Waals surface area (Å²) in [7, 11) is 1.39. The van der Waals surface area contributed by atoms with Gasteiger partial charge in [-0.15, -0.1) is 0 Å². The highest BCUT2D eigenvalue weighted by Crippen LogP contribution is 2.40. The van der Waals surface area contributed by atoms with Gasteiger partial charge in [0.05, 0.1) is 6.54 Å². The first kappa shape index (κ1) is 24.1. The van der Waals surface area contributed by atoms with Crippen LogP contribution in [0.5, 0.6) is 5.75 Å². The molecule has 166 valence electrons. The summed E-state index contributed by atoms with van der Waals surface area (Å²) in [5, 5.41) is 9.35. The Morgan fingerprint density at radius 2 is 2.20 bits per heavy atom. The van der Waals surface area contributed by atoms with Crippen molar-refractivity contribution in [3.8, 4) is 5.75 Å². The normalized spacial score (nSPS) is 18.1. The lowest BCUT2D eigenvalue weighted by atomic mass is 10.0. The van der Waals surface area contributed by atoms with Gasteiger partial charge in [0.2, 0.25) is 0 Å². The van der Waals surface area contributed by atoms with Crippen LogP contribution in [0.15, 0.2) is 18.2 Å². The fourth-order valence-corrected chi connectivity index (χ4v) is 3.89. The Morgan fingerprint density at radius 3 is 2.73 bits per heavy atom. The quantitative estimate of drug-likeness (QED) is 0.286. The summed E-state index contributed by atoms with van der Waals surface area (Å²) in [5.41, 5.74) is 6.48. The van der Waals surface area contributed by atoms with Crippen molar-refractivity contribution >= 4 is 34.7 Å². The van der Waals surface area contributed by atoms with Crippen molar-refractivity contribution in [2.75, 3.05) is 24.5 Å². The molecule has 30 heavy (non-hydrogen) atoms. The van der Waals surface area contributed by atoms with Crippen LogP contribution in [0.3, 0.4) is 0 Å². The van der Waals surface area contributed by atoms with Crippen molar-refractivity contribution in [1.29, 1.82) is 0 Å². The van der Waals surface area contributed by atoms with Gasteiger partial charge in [-0.1, -0.05) is 19.9 Å². The van der Waals surface area contributed by atoms with Gasteiger partial charge < -0.3 is 20.4 Å². The second-order valence-corrected chi connectivity index (χ2v) is 8.67. The van der Waals surface area contributed by atoms with E-state index in [2.05, 4.69) is 4.72 Å². The van der Waals surface area contributed by atoms with Crippen LogP contribution in [0.4, 0.5) is 10.1 Å². The van der Waals surface area contributed by atoms with E-state index < -0.39 is 35.5 Å². The molecule has 0 saturated heterocycles. The average molecular weight is 442 g/mol. The van der Waals surface area contributed by atoms with Crippen molar-refractivity contribution in [3.05, 3.63) is 29.6 Å². The molecule has 1 aromatic rings. The molecule has 0 heterocycles. The number of nitrogens with one attached hydrogen (secondary N) is 1. The number of carbonyl (C=O) groups is 2. The lowest BCUT2D eigenvalue weighted by Crippen LogP contribution is -2.40. The van der Waals surface area contributed by atoms with E-state index in [1.54, 1.807) is 19.9 Å². The number of aldehydes is 1. The average Bonchev–Trinajstić information content (AvgIpc) is 3.20. The summed E-state index contributed by atoms with van der Waals surface area (Å²) in [6.07, 6.45) is 3.51. The first-order valence-electron chi connectivity index (χ1n) is 9.67. The summed E-state index contributed by atoms with van der Waals surface area (Å²) in [6, 6.07) is 1.93. The van der Waals surface area contributed by atoms with Crippen molar-refractivity contribution in [2.45, 2.75) is 32.7 Å². The molecule has 4 N–H and O–H groups in total. The van der Waals surface area contributed by atoms with Gasteiger partial charge in [0.25, 0.3) is 0 Å². The number of allylic oxidation sites excluding steroid dienone is 1. The summed E-state index contributed by atoms with van der Waals surface area (Å²) in [5.74, 6) is -1.99. The minimum absolute atomic E-state index is 0.0399. The SMILES string of the molecule is CNS(=O)N(CC=O)c1c(OC(=O)C(N)C(C)C)ccc(C2=CC(CO)CC2)c1F. The molecule has 3 atom stereocenters. The highest BCUT2D eigenvalue weighted by molar-refractivity contribution is 7.84. The number of esters is 1. The number of halogens is 1. The zero-order valence-electron chi connectivity index (χ0n) is 17.3. The molecule has 0 fully saturated rings. The Morgan fingerprint density at radius 1 is 1.50 bits per heavy atom. The second kappa shape index (κ2) is 10.8. The monoisotopic (exact) mass is 441 g/mol. The number of nitrogens with zero attached hydrogens (tertiary/aromatic N) is 1. The van der Waals surface area contributed by atoms with E-state index in [1.807, 2.05) is 0 Å². The van der Waals surface area contributed by atoms with Crippen LogP contribution in [0.25, 0.3) is 5.57 Å². The lowest BCUT2D eigenvalue weighted by molar-refractivity contribution is -0.136. The number of carbonyl (C=O) groups excluding carboxylic acids is 2. The van der Waals surface area contributed by atoms with Gasteiger partial charge in [-0.3, -0.25) is 4.31 Å². The Labute approximate surface area is 178 Å². The molecular formula is C20H28FN3O5S. The summed E-state index contributed by atoms with van der Waals surface area (Å²) in [4.78, 5) is 23.6. The van der Waals surface area contributed by atoms with Crippen LogP contribution in [0, 0.1) is 17.7 Å². The minimum atomic E-state index is -1.96. The molecule has 3 unspecified atom stereocenters. The van der Waals surface area contributed by atoms with Crippen LogP contribution in [0.2, 0.25) is 0 Å². The molecule has 10 heteroatoms. The number of aliphatic hydroxyl groups excluding tert-OH is 1. The van der Waals surface area contributed by atoms with Gasteiger partial charge in [-0.25, -0.2) is 18.1 Å². The third kappa shape index (κ3) is 5.31. The number of hydrogen-bond donors (Lipinski definition) is 3. The van der Waals surface area contributed by atoms with Gasteiger partial charge >= 0.3 is 5.97 Å². The van der Waals surface area contributed by atoms with E-state index in [0.29, 0.717) is 24.7 Å². The van der Waals surface area contributed by atoms with E-state index in [-0.39, 0.29) is 35.4 Å². The summed E-state index contributed by atoms with van der Waals surface area (Å²) < 4.78 is 36.9. The Hall–Kier alpha value is -2.14. The molecule has 0 spiro atoms. The zero-order chi connectivity index (χ0) is 22.4. The molecule has 0 amide bonds. The number of benzene rings is 1. The van der Waals surface area contributed by atoms with Crippen molar-refractivity contribution < 1.29 is 28.0 Å². The number of rotatable bonds is 10. The fourth-order valence-electron chi connectivity index (χ4n) is 3.14. The summed E-state index contributed by atoms with van der Waals surface area (Å²) >= 11 is -1.96. The second-order valence-electron chi connectivity index (χ2n) is 7.32. The maximum Gasteiger partial charge on any atom is 0.328 e. The van der Waals surface area contributed by atoms with Crippen molar-refractivity contribution in [2.24, 2.45) is 17.6 Å². The van der Waals surface area contributed by atoms with Crippen LogP contribution in [-0.4, -0.2) is 47.8 Å². The van der Waals surface area contributed by atoms with E-state index in [1.165, 1.54) is 19.2 Å². The maximum atomic E-state index is 15.7. The van der Waals surface area contributed by atoms with Gasteiger partial charge in [0.15, 0.2) is 22.7 Å². The molecule has 1 aliphatic carbocycles. The first-order chi connectivity index (χ1) is 14.2. The largest absolute Gasteiger partial charge is 0.423 e. The van der Waals surface area contributed by atoms with Crippen LogP contribution >= 0.6 is 0 Å². The highest BCUT2D eigenvalue weighted by atomic mass is 32.2. The van der Waals surface area contributed by atoms with E-state index in [9.17, 15) is 18.9 Å². The molecule has 0 bridgehead atoms. The Bertz CT molecular complexity index is 846. The Kier molecular flexibility index (Phi) is 8.65. The number of nitrogens with two attached hydrogens (primary N) is 1. The number of hydrogen-bond acceptors (Lipinski definition) is 6. The first-order valence-corrected chi connectivity index (χ1v) is 10.8. The molecule has 8 nitrogen and oxygen atoms in total. The topological polar surface area (TPSA) is 122 Å². The third-order valence-electron chi connectivity index (χ3n) is 4.95. The van der Waals surface area contributed by atoms with Gasteiger partial charge in [0.1, 0.15) is 18.0 Å². The molecule has 0 aromatic heterocycles. The van der Waals surface area contributed by atoms with Crippen LogP contribution < -0.4 is 19.5 Å². The van der Waals surface area contributed by atoms with E-state index >= 15 is 4.39 Å². The molecule has 1 aliphatic rings. The zero-order valence-corrected chi connectivity index (χ0v) is 18.1. The van der Waals surface area contributed by atoms with E-state index in [0.717, 1.165) is 4.31 Å². The lowest BCUT2D eigenvalue weighted by Gasteiger charge is -2.25. The van der Waals surface area contributed by atoms with Crippen molar-refractivity contribution in [1.82, 2.24) is 4.72 Å². The molecule has 0 aliphatic heterocycles. The van der Waals surface area contributed by atoms with Crippen LogP contribution in [-0.2, 0) is 20.8 Å². The molecule has 0 saturated carbocycles. The maximum absolute atomic E-state index is 15.7. The third-order valence-corrected chi connectivity index (χ3v) is 6.03. The van der Waals surface area contributed by atoms with E-state index in [4.69, 9.17) is 10.5 Å². The predicted molar refractivity (Wildman–Crippen MR) is 113 cm³/mol. The predicted octanol–water partition coefficient (Wildman–Crippen LogP) is 1.30. The number of anilines is 1. The highest BCUT2D eigenvalue weighted by Gasteiger charge is 2.29. The van der Waals surface area contributed by atoms with Gasteiger partial charge in [-0.2, -0.15) is 0 Å². The molecule has 1 aromatic carbocycles. The summed E-state index contributed by atoms with van der Waals surface area (Å²) in [6.45, 7) is 3.06. The van der Waals surface area contributed by atoms with Crippen molar-refractivity contribution in [3.63, 3.8) is 0 Å². The number of ether oxygens (including phenoxy) is 1. The van der Waals surface area contributed by atoms with Gasteiger partial charge in [0, 0.05) is 18.1 Å². The van der Waals surface area contributed by atoms with Gasteiger partial charge in [-0.05, 0) is 43.5 Å². The minimum Gasteiger partial charge on any atom is -0.423 e. The smallest absolute Gasteiger partial charge is 0.328 e. The molecule has 2 rings (SSSR count). The molecule has 0 radical (unpaired) electrons. The number of aliphatic hydroxyl groups is 1. The molecular weight excluding hydrogens is 413 g/mol. The van der Waals surface area contributed by atoms with Crippen LogP contribution in [0.1, 0.15) is 32.3 Å². The fraction of sp³-hybridized carbons (Fsp3) is 0.500.